The van der Waals surface area contributed by atoms with Gasteiger partial charge in [0, 0.05) is 17.9 Å². The molecule has 1 unspecified atom stereocenters. The summed E-state index contributed by atoms with van der Waals surface area (Å²) in [5.74, 6) is -0.0397. The lowest BCUT2D eigenvalue weighted by Crippen LogP contribution is -2.29. The Bertz CT molecular complexity index is 762. The molecule has 0 heterocycles. The highest BCUT2D eigenvalue weighted by molar-refractivity contribution is 7.85. The van der Waals surface area contributed by atoms with Crippen molar-refractivity contribution in [3.8, 4) is 0 Å². The predicted octanol–water partition coefficient (Wildman–Crippen LogP) is 2.37. The molecular weight excluding hydrogens is 328 g/mol. The molecule has 0 aliphatic rings. The summed E-state index contributed by atoms with van der Waals surface area (Å²) in [4.78, 5) is 22.6. The second-order valence-electron chi connectivity index (χ2n) is 5.24. The molecule has 0 fully saturated rings. The lowest BCUT2D eigenvalue weighted by molar-refractivity contribution is -0.388. The van der Waals surface area contributed by atoms with Crippen molar-refractivity contribution < 1.29 is 13.9 Å². The van der Waals surface area contributed by atoms with E-state index < -0.39 is 15.7 Å². The highest BCUT2D eigenvalue weighted by Crippen LogP contribution is 2.25. The first-order chi connectivity index (χ1) is 11.5. The average molecular weight is 346 g/mol. The summed E-state index contributed by atoms with van der Waals surface area (Å²) in [6, 6.07) is 14.0. The Balaban J connectivity index is 1.91. The van der Waals surface area contributed by atoms with Crippen LogP contribution in [0.25, 0.3) is 0 Å². The summed E-state index contributed by atoms with van der Waals surface area (Å²) in [7, 11) is -1.55. The SMILES string of the molecule is Cc1cccc(S(=O)CCNC(=O)Cc2ccccc2)c1[N+](=O)[O-]. The Labute approximate surface area is 142 Å². The lowest BCUT2D eigenvalue weighted by Gasteiger charge is -2.07. The van der Waals surface area contributed by atoms with Gasteiger partial charge in [-0.1, -0.05) is 42.5 Å². The minimum atomic E-state index is -1.55. The van der Waals surface area contributed by atoms with Crippen molar-refractivity contribution in [1.82, 2.24) is 5.32 Å². The number of carbonyl (C=O) groups is 1. The molecule has 0 radical (unpaired) electrons. The number of carbonyl (C=O) groups excluding carboxylic acids is 1. The molecule has 2 aromatic carbocycles. The van der Waals surface area contributed by atoms with E-state index in [2.05, 4.69) is 5.32 Å². The Morgan fingerprint density at radius 3 is 2.54 bits per heavy atom. The maximum Gasteiger partial charge on any atom is 0.288 e. The van der Waals surface area contributed by atoms with E-state index in [0.29, 0.717) is 5.56 Å². The molecule has 24 heavy (non-hydrogen) atoms. The third-order valence-corrected chi connectivity index (χ3v) is 4.84. The van der Waals surface area contributed by atoms with Crippen LogP contribution < -0.4 is 5.32 Å². The first-order valence-electron chi connectivity index (χ1n) is 7.42. The maximum absolute atomic E-state index is 12.3. The molecule has 1 N–H and O–H groups in total. The van der Waals surface area contributed by atoms with Gasteiger partial charge >= 0.3 is 0 Å². The highest BCUT2D eigenvalue weighted by Gasteiger charge is 2.21. The summed E-state index contributed by atoms with van der Waals surface area (Å²) in [5, 5.41) is 13.8. The number of nitro benzene ring substituents is 1. The second kappa shape index (κ2) is 8.35. The average Bonchev–Trinajstić information content (AvgIpc) is 2.55. The predicted molar refractivity (Wildman–Crippen MR) is 92.3 cm³/mol. The van der Waals surface area contributed by atoms with Crippen molar-refractivity contribution in [2.75, 3.05) is 12.3 Å². The zero-order chi connectivity index (χ0) is 17.5. The Morgan fingerprint density at radius 1 is 1.17 bits per heavy atom. The number of rotatable bonds is 7. The van der Waals surface area contributed by atoms with E-state index in [1.165, 1.54) is 6.07 Å². The van der Waals surface area contributed by atoms with Gasteiger partial charge < -0.3 is 5.32 Å². The normalized spacial score (nSPS) is 11.7. The number of nitrogens with one attached hydrogen (secondary N) is 1. The molecule has 0 aliphatic heterocycles. The van der Waals surface area contributed by atoms with Crippen LogP contribution >= 0.6 is 0 Å². The van der Waals surface area contributed by atoms with Crippen molar-refractivity contribution >= 4 is 22.4 Å². The van der Waals surface area contributed by atoms with E-state index in [9.17, 15) is 19.1 Å². The van der Waals surface area contributed by atoms with Crippen LogP contribution in [0.2, 0.25) is 0 Å². The quantitative estimate of drug-likeness (QED) is 0.616. The van der Waals surface area contributed by atoms with E-state index in [-0.39, 0.29) is 35.2 Å². The molecule has 0 saturated heterocycles. The van der Waals surface area contributed by atoms with Crippen LogP contribution in [-0.2, 0) is 22.0 Å². The first-order valence-corrected chi connectivity index (χ1v) is 8.74. The first kappa shape index (κ1) is 17.8. The van der Waals surface area contributed by atoms with Crippen molar-refractivity contribution in [3.05, 3.63) is 69.8 Å². The number of aryl methyl sites for hydroxylation is 1. The van der Waals surface area contributed by atoms with Gasteiger partial charge in [0.05, 0.1) is 22.1 Å². The largest absolute Gasteiger partial charge is 0.355 e. The van der Waals surface area contributed by atoms with Gasteiger partial charge in [-0.25, -0.2) is 0 Å². The van der Waals surface area contributed by atoms with Gasteiger partial charge in [0.1, 0.15) is 4.90 Å². The lowest BCUT2D eigenvalue weighted by atomic mass is 10.1. The zero-order valence-corrected chi connectivity index (χ0v) is 14.0. The molecule has 126 valence electrons. The van der Waals surface area contributed by atoms with Crippen LogP contribution in [0, 0.1) is 17.0 Å². The highest BCUT2D eigenvalue weighted by atomic mass is 32.2. The van der Waals surface area contributed by atoms with Crippen molar-refractivity contribution in [2.24, 2.45) is 0 Å². The minimum absolute atomic E-state index is 0.119. The monoisotopic (exact) mass is 346 g/mol. The fourth-order valence-corrected chi connectivity index (χ4v) is 3.48. The van der Waals surface area contributed by atoms with Crippen molar-refractivity contribution in [2.45, 2.75) is 18.2 Å². The van der Waals surface area contributed by atoms with Crippen LogP contribution in [0.5, 0.6) is 0 Å². The number of benzene rings is 2. The molecule has 0 saturated carbocycles. The number of nitro groups is 1. The van der Waals surface area contributed by atoms with E-state index in [1.807, 2.05) is 30.3 Å². The van der Waals surface area contributed by atoms with Crippen molar-refractivity contribution in [3.63, 3.8) is 0 Å². The van der Waals surface area contributed by atoms with Gasteiger partial charge in [0.2, 0.25) is 5.91 Å². The summed E-state index contributed by atoms with van der Waals surface area (Å²) in [6.07, 6.45) is 0.248. The molecule has 1 amide bonds. The third kappa shape index (κ3) is 4.73. The molecule has 0 bridgehead atoms. The number of hydrogen-bond donors (Lipinski definition) is 1. The van der Waals surface area contributed by atoms with Crippen LogP contribution in [0.3, 0.4) is 0 Å². The molecular formula is C17H18N2O4S. The molecule has 1 atom stereocenters. The van der Waals surface area contributed by atoms with Crippen LogP contribution in [0.15, 0.2) is 53.4 Å². The molecule has 6 nitrogen and oxygen atoms in total. The van der Waals surface area contributed by atoms with Gasteiger partial charge in [-0.15, -0.1) is 0 Å². The van der Waals surface area contributed by atoms with Gasteiger partial charge in [0.25, 0.3) is 5.69 Å². The fraction of sp³-hybridized carbons (Fsp3) is 0.235. The summed E-state index contributed by atoms with van der Waals surface area (Å²) >= 11 is 0. The molecule has 0 aromatic heterocycles. The van der Waals surface area contributed by atoms with Crippen LogP contribution in [-0.4, -0.2) is 27.3 Å². The van der Waals surface area contributed by atoms with Gasteiger partial charge in [-0.3, -0.25) is 19.1 Å². The molecule has 2 aromatic rings. The number of para-hydroxylation sites is 1. The van der Waals surface area contributed by atoms with E-state index in [1.54, 1.807) is 19.1 Å². The molecule has 0 aliphatic carbocycles. The van der Waals surface area contributed by atoms with Crippen molar-refractivity contribution in [1.29, 1.82) is 0 Å². The molecule has 7 heteroatoms. The third-order valence-electron chi connectivity index (χ3n) is 3.45. The Kier molecular flexibility index (Phi) is 6.20. The van der Waals surface area contributed by atoms with Crippen LogP contribution in [0.4, 0.5) is 5.69 Å². The second-order valence-corrected chi connectivity index (χ2v) is 6.78. The Hall–Kier alpha value is -2.54. The standard InChI is InChI=1S/C17H18N2O4S/c1-13-6-5-9-15(17(13)19(21)22)24(23)11-10-18-16(20)12-14-7-3-2-4-8-14/h2-9H,10-12H2,1H3,(H,18,20). The van der Waals surface area contributed by atoms with Gasteiger partial charge in [0.15, 0.2) is 0 Å². The maximum atomic E-state index is 12.3. The Morgan fingerprint density at radius 2 is 1.88 bits per heavy atom. The van der Waals surface area contributed by atoms with E-state index >= 15 is 0 Å². The summed E-state index contributed by atoms with van der Waals surface area (Å²) < 4.78 is 12.3. The van der Waals surface area contributed by atoms with Gasteiger partial charge in [-0.2, -0.15) is 0 Å². The van der Waals surface area contributed by atoms with Crippen LogP contribution in [0.1, 0.15) is 11.1 Å². The summed E-state index contributed by atoms with van der Waals surface area (Å²) in [6.45, 7) is 1.81. The number of nitrogens with zero attached hydrogens (tertiary/aromatic N) is 1. The molecule has 0 spiro atoms. The number of amides is 1. The zero-order valence-electron chi connectivity index (χ0n) is 13.2. The topological polar surface area (TPSA) is 89.3 Å². The van der Waals surface area contributed by atoms with E-state index in [0.717, 1.165) is 5.56 Å². The number of hydrogen-bond acceptors (Lipinski definition) is 4. The smallest absolute Gasteiger partial charge is 0.288 e. The minimum Gasteiger partial charge on any atom is -0.355 e. The summed E-state index contributed by atoms with van der Waals surface area (Å²) in [5.41, 5.74) is 1.25. The fourth-order valence-electron chi connectivity index (χ4n) is 2.29. The van der Waals surface area contributed by atoms with Gasteiger partial charge in [-0.05, 0) is 18.6 Å². The molecule has 2 rings (SSSR count). The van der Waals surface area contributed by atoms with E-state index in [4.69, 9.17) is 0 Å².